The van der Waals surface area contributed by atoms with Gasteiger partial charge in [-0.15, -0.1) is 0 Å². The van der Waals surface area contributed by atoms with Crippen molar-refractivity contribution >= 4 is 50.3 Å². The van der Waals surface area contributed by atoms with E-state index in [1.54, 1.807) is 27.7 Å². The molecule has 0 amide bonds. The van der Waals surface area contributed by atoms with Crippen LogP contribution in [0.15, 0.2) is 0 Å². The molecule has 16 heteroatoms. The van der Waals surface area contributed by atoms with E-state index < -0.39 is 38.9 Å². The van der Waals surface area contributed by atoms with Gasteiger partial charge in [0.2, 0.25) is 0 Å². The second-order valence-electron chi connectivity index (χ2n) is 8.11. The molecule has 0 spiro atoms. The highest BCUT2D eigenvalue weighted by Gasteiger charge is 2.36. The second-order valence-corrected chi connectivity index (χ2v) is 11.3. The SMILES string of the molecule is CCC(C)(C)C(NC(=S)NCNC(=S)NC(OP(=O)(O)O)C(C)(C)CC)OP(=O)(O)O. The van der Waals surface area contributed by atoms with Crippen LogP contribution in [0.25, 0.3) is 0 Å². The van der Waals surface area contributed by atoms with Gasteiger partial charge in [-0.3, -0.25) is 9.05 Å². The lowest BCUT2D eigenvalue weighted by Gasteiger charge is -2.35. The summed E-state index contributed by atoms with van der Waals surface area (Å²) in [6.07, 6.45) is -1.02. The summed E-state index contributed by atoms with van der Waals surface area (Å²) >= 11 is 10.3. The van der Waals surface area contributed by atoms with Crippen molar-refractivity contribution in [3.05, 3.63) is 0 Å². The Balaban J connectivity index is 4.86. The number of hydrogen-bond donors (Lipinski definition) is 8. The number of phosphoric acid groups is 2. The molecular weight excluding hydrogens is 490 g/mol. The molecule has 0 radical (unpaired) electrons. The Labute approximate surface area is 193 Å². The Hall–Kier alpha value is -0.400. The van der Waals surface area contributed by atoms with Gasteiger partial charge in [0, 0.05) is 10.8 Å². The third kappa shape index (κ3) is 13.0. The molecule has 2 atom stereocenters. The van der Waals surface area contributed by atoms with Crippen molar-refractivity contribution in [2.45, 2.75) is 66.8 Å². The zero-order valence-electron chi connectivity index (χ0n) is 18.4. The average Bonchev–Trinajstić information content (AvgIpc) is 2.58. The maximum atomic E-state index is 11.3. The number of thiocarbonyl (C=S) groups is 2. The molecule has 0 aromatic rings. The fraction of sp³-hybridized carbons (Fsp3) is 0.867. The van der Waals surface area contributed by atoms with Crippen molar-refractivity contribution in [2.75, 3.05) is 6.67 Å². The van der Waals surface area contributed by atoms with Gasteiger partial charge in [0.15, 0.2) is 10.2 Å². The molecule has 0 saturated heterocycles. The van der Waals surface area contributed by atoms with Gasteiger partial charge in [0.25, 0.3) is 0 Å². The van der Waals surface area contributed by atoms with Gasteiger partial charge in [-0.2, -0.15) is 0 Å². The Morgan fingerprint density at radius 3 is 1.32 bits per heavy atom. The summed E-state index contributed by atoms with van der Waals surface area (Å²) < 4.78 is 32.2. The van der Waals surface area contributed by atoms with Crippen LogP contribution >= 0.6 is 40.1 Å². The first-order valence-corrected chi connectivity index (χ1v) is 13.3. The molecular formula is C15H34N4O8P2S2. The molecule has 0 rings (SSSR count). The summed E-state index contributed by atoms with van der Waals surface area (Å²) in [6, 6.07) is 0. The summed E-state index contributed by atoms with van der Waals surface area (Å²) in [5, 5.41) is 11.0. The normalized spacial score (nSPS) is 15.0. The van der Waals surface area contributed by atoms with Gasteiger partial charge in [-0.25, -0.2) is 9.13 Å². The highest BCUT2D eigenvalue weighted by molar-refractivity contribution is 7.80. The predicted molar refractivity (Wildman–Crippen MR) is 125 cm³/mol. The minimum absolute atomic E-state index is 0.00202. The first-order valence-electron chi connectivity index (χ1n) is 9.39. The van der Waals surface area contributed by atoms with Gasteiger partial charge in [-0.1, -0.05) is 41.5 Å². The standard InChI is InChI=1S/C15H34N4O8P2S2/c1-7-14(3,4)10(26-28(20,21)22)18-12(30)16-9-17-13(31)19-11(15(5,6)8-2)27-29(23,24)25/h10-11H,7-9H2,1-6H3,(H2,16,18,30)(H2,17,19,31)(H2,20,21,22)(H2,23,24,25). The van der Waals surface area contributed by atoms with E-state index in [1.807, 2.05) is 13.8 Å². The van der Waals surface area contributed by atoms with E-state index in [0.29, 0.717) is 12.8 Å². The summed E-state index contributed by atoms with van der Waals surface area (Å²) in [6.45, 7) is 10.7. The summed E-state index contributed by atoms with van der Waals surface area (Å²) in [7, 11) is -9.51. The van der Waals surface area contributed by atoms with Crippen LogP contribution in [-0.4, -0.2) is 48.9 Å². The van der Waals surface area contributed by atoms with Crippen molar-refractivity contribution in [1.82, 2.24) is 21.3 Å². The molecule has 0 aromatic carbocycles. The molecule has 2 unspecified atom stereocenters. The smallest absolute Gasteiger partial charge is 0.345 e. The van der Waals surface area contributed by atoms with Gasteiger partial charge in [0.05, 0.1) is 6.67 Å². The van der Waals surface area contributed by atoms with Crippen LogP contribution in [0.2, 0.25) is 0 Å². The minimum Gasteiger partial charge on any atom is -0.345 e. The van der Waals surface area contributed by atoms with E-state index in [9.17, 15) is 9.13 Å². The maximum absolute atomic E-state index is 11.3. The quantitative estimate of drug-likeness (QED) is 0.105. The largest absolute Gasteiger partial charge is 0.471 e. The van der Waals surface area contributed by atoms with Crippen LogP contribution in [0.1, 0.15) is 54.4 Å². The molecule has 0 saturated carbocycles. The third-order valence-electron chi connectivity index (χ3n) is 4.75. The zero-order valence-corrected chi connectivity index (χ0v) is 21.8. The lowest BCUT2D eigenvalue weighted by atomic mass is 9.88. The first-order chi connectivity index (χ1) is 13.8. The fourth-order valence-electron chi connectivity index (χ4n) is 1.92. The number of rotatable bonds is 12. The van der Waals surface area contributed by atoms with Gasteiger partial charge >= 0.3 is 15.6 Å². The Morgan fingerprint density at radius 2 is 1.10 bits per heavy atom. The summed E-state index contributed by atoms with van der Waals surface area (Å²) in [5.41, 5.74) is -1.29. The average molecular weight is 525 g/mol. The van der Waals surface area contributed by atoms with E-state index in [-0.39, 0.29) is 16.9 Å². The fourth-order valence-corrected chi connectivity index (χ4v) is 3.50. The number of phosphoric ester groups is 2. The Bertz CT molecular complexity index is 655. The van der Waals surface area contributed by atoms with Crippen LogP contribution < -0.4 is 21.3 Å². The third-order valence-corrected chi connectivity index (χ3v) is 6.24. The molecule has 0 aliphatic rings. The number of nitrogens with one attached hydrogen (secondary N) is 4. The second kappa shape index (κ2) is 12.2. The molecule has 12 nitrogen and oxygen atoms in total. The monoisotopic (exact) mass is 524 g/mol. The molecule has 184 valence electrons. The molecule has 0 heterocycles. The van der Waals surface area contributed by atoms with Crippen molar-refractivity contribution in [3.63, 3.8) is 0 Å². The van der Waals surface area contributed by atoms with Crippen LogP contribution in [0.5, 0.6) is 0 Å². The van der Waals surface area contributed by atoms with Crippen LogP contribution in [0.4, 0.5) is 0 Å². The van der Waals surface area contributed by atoms with E-state index in [4.69, 9.17) is 53.1 Å². The van der Waals surface area contributed by atoms with Crippen molar-refractivity contribution in [1.29, 1.82) is 0 Å². The number of hydrogen-bond acceptors (Lipinski definition) is 6. The lowest BCUT2D eigenvalue weighted by molar-refractivity contribution is 0.0297. The van der Waals surface area contributed by atoms with Crippen LogP contribution in [0.3, 0.4) is 0 Å². The highest BCUT2D eigenvalue weighted by Crippen LogP contribution is 2.42. The maximum Gasteiger partial charge on any atom is 0.471 e. The van der Waals surface area contributed by atoms with Crippen molar-refractivity contribution in [3.8, 4) is 0 Å². The minimum atomic E-state index is -4.76. The van der Waals surface area contributed by atoms with E-state index in [2.05, 4.69) is 21.3 Å². The molecule has 8 N–H and O–H groups in total. The molecule has 0 aliphatic heterocycles. The molecule has 31 heavy (non-hydrogen) atoms. The van der Waals surface area contributed by atoms with E-state index >= 15 is 0 Å². The Morgan fingerprint density at radius 1 is 0.806 bits per heavy atom. The molecule has 0 aromatic heterocycles. The molecule has 0 aliphatic carbocycles. The predicted octanol–water partition coefficient (Wildman–Crippen LogP) is 1.62. The van der Waals surface area contributed by atoms with E-state index in [1.165, 1.54) is 0 Å². The lowest BCUT2D eigenvalue weighted by Crippen LogP contribution is -2.54. The van der Waals surface area contributed by atoms with E-state index in [0.717, 1.165) is 0 Å². The van der Waals surface area contributed by atoms with Crippen molar-refractivity contribution < 1.29 is 37.8 Å². The highest BCUT2D eigenvalue weighted by atomic mass is 32.1. The van der Waals surface area contributed by atoms with Gasteiger partial charge in [0.1, 0.15) is 12.5 Å². The summed E-state index contributed by atoms with van der Waals surface area (Å²) in [5.74, 6) is 0. The summed E-state index contributed by atoms with van der Waals surface area (Å²) in [4.78, 5) is 36.6. The van der Waals surface area contributed by atoms with Gasteiger partial charge in [-0.05, 0) is 37.3 Å². The van der Waals surface area contributed by atoms with Crippen LogP contribution in [0, 0.1) is 10.8 Å². The van der Waals surface area contributed by atoms with Crippen molar-refractivity contribution in [2.24, 2.45) is 10.8 Å². The first kappa shape index (κ1) is 30.6. The van der Waals surface area contributed by atoms with Gasteiger partial charge < -0.3 is 40.8 Å². The molecule has 0 bridgehead atoms. The zero-order chi connectivity index (χ0) is 24.7. The Kier molecular flexibility index (Phi) is 12.0. The molecule has 0 fully saturated rings. The topological polar surface area (TPSA) is 182 Å². The van der Waals surface area contributed by atoms with Crippen LogP contribution in [-0.2, 0) is 18.2 Å².